The van der Waals surface area contributed by atoms with Gasteiger partial charge in [0.05, 0.1) is 36.0 Å². The van der Waals surface area contributed by atoms with Crippen molar-refractivity contribution in [3.05, 3.63) is 102 Å². The normalized spacial score (nSPS) is 14.2. The van der Waals surface area contributed by atoms with E-state index in [9.17, 15) is 9.59 Å². The molecule has 0 atom stereocenters. The van der Waals surface area contributed by atoms with E-state index >= 15 is 0 Å². The van der Waals surface area contributed by atoms with E-state index in [0.717, 1.165) is 16.5 Å². The van der Waals surface area contributed by atoms with Crippen LogP contribution in [0.25, 0.3) is 17.0 Å². The molecule has 0 bridgehead atoms. The second-order valence-corrected chi connectivity index (χ2v) is 8.84. The summed E-state index contributed by atoms with van der Waals surface area (Å²) >= 11 is 1.20. The lowest BCUT2D eigenvalue weighted by atomic mass is 10.1. The third-order valence-corrected chi connectivity index (χ3v) is 6.42. The average molecular weight is 495 g/mol. The molecule has 0 fully saturated rings. The Morgan fingerprint density at radius 2 is 1.78 bits per heavy atom. The number of aromatic nitrogens is 1. The van der Waals surface area contributed by atoms with E-state index in [2.05, 4.69) is 15.3 Å². The number of anilines is 2. The lowest BCUT2D eigenvalue weighted by Crippen LogP contribution is -2.31. The highest BCUT2D eigenvalue weighted by molar-refractivity contribution is 8.14. The Morgan fingerprint density at radius 1 is 1.03 bits per heavy atom. The molecule has 1 aromatic heterocycles. The van der Waals surface area contributed by atoms with Crippen LogP contribution in [0.15, 0.2) is 102 Å². The van der Waals surface area contributed by atoms with Crippen molar-refractivity contribution in [3.8, 4) is 5.75 Å². The predicted octanol–water partition coefficient (Wildman–Crippen LogP) is 5.36. The maximum Gasteiger partial charge on any atom is 0.283 e. The number of pyridine rings is 1. The highest BCUT2D eigenvalue weighted by atomic mass is 32.2. The van der Waals surface area contributed by atoms with E-state index in [1.54, 1.807) is 19.4 Å². The van der Waals surface area contributed by atoms with E-state index in [-0.39, 0.29) is 23.3 Å². The van der Waals surface area contributed by atoms with Crippen LogP contribution in [0.5, 0.6) is 5.75 Å². The molecule has 3 aromatic carbocycles. The summed E-state index contributed by atoms with van der Waals surface area (Å²) in [5, 5.41) is 4.25. The van der Waals surface area contributed by atoms with Gasteiger partial charge in [-0.2, -0.15) is 0 Å². The van der Waals surface area contributed by atoms with E-state index < -0.39 is 0 Å². The predicted molar refractivity (Wildman–Crippen MR) is 145 cm³/mol. The molecule has 0 radical (unpaired) electrons. The molecule has 0 spiro atoms. The van der Waals surface area contributed by atoms with Crippen LogP contribution in [0.1, 0.15) is 5.56 Å². The number of carbonyl (C=O) groups excluding carboxylic acids is 2. The largest absolute Gasteiger partial charge is 0.496 e. The first kappa shape index (κ1) is 23.3. The number of nitrogens with zero attached hydrogens (tertiary/aromatic N) is 3. The van der Waals surface area contributed by atoms with Gasteiger partial charge >= 0.3 is 0 Å². The number of hydrogen-bond acceptors (Lipinski definition) is 6. The summed E-state index contributed by atoms with van der Waals surface area (Å²) in [6, 6.07) is 26.3. The molecular weight excluding hydrogens is 472 g/mol. The topological polar surface area (TPSA) is 83.9 Å². The molecule has 1 N–H and O–H groups in total. The van der Waals surface area contributed by atoms with Gasteiger partial charge in [0.25, 0.3) is 5.91 Å². The molecular formula is C28H22N4O3S. The number of methoxy groups -OCH3 is 1. The Labute approximate surface area is 212 Å². The molecule has 36 heavy (non-hydrogen) atoms. The highest BCUT2D eigenvalue weighted by Gasteiger charge is 2.32. The zero-order chi connectivity index (χ0) is 24.9. The number of hydrogen-bond donors (Lipinski definition) is 1. The minimum Gasteiger partial charge on any atom is -0.496 e. The van der Waals surface area contributed by atoms with Crippen LogP contribution < -0.4 is 15.0 Å². The first-order valence-electron chi connectivity index (χ1n) is 11.2. The molecule has 5 rings (SSSR count). The van der Waals surface area contributed by atoms with E-state index in [4.69, 9.17) is 4.74 Å². The number of nitrogens with one attached hydrogen (secondary N) is 1. The summed E-state index contributed by atoms with van der Waals surface area (Å²) in [7, 11) is 1.58. The van der Waals surface area contributed by atoms with Crippen molar-refractivity contribution in [1.29, 1.82) is 0 Å². The third-order valence-electron chi connectivity index (χ3n) is 5.48. The lowest BCUT2D eigenvalue weighted by Gasteiger charge is -2.17. The number of thioether (sulfide) groups is 1. The first-order chi connectivity index (χ1) is 17.6. The Balaban J connectivity index is 1.37. The van der Waals surface area contributed by atoms with Gasteiger partial charge in [-0.25, -0.2) is 4.99 Å². The monoisotopic (exact) mass is 494 g/mol. The van der Waals surface area contributed by atoms with Crippen LogP contribution in [0.2, 0.25) is 0 Å². The fraction of sp³-hybridized carbons (Fsp3) is 0.0714. The molecule has 0 saturated heterocycles. The quantitative estimate of drug-likeness (QED) is 0.365. The van der Waals surface area contributed by atoms with Gasteiger partial charge in [-0.1, -0.05) is 66.4 Å². The SMILES string of the molecule is COc1ccccc1C=C1N=C(SCC(=O)Nc2cnc3ccccc3c2)N(c2ccccc2)C1=O. The molecule has 7 nitrogen and oxygen atoms in total. The summed E-state index contributed by atoms with van der Waals surface area (Å²) in [5.41, 5.74) is 3.16. The van der Waals surface area contributed by atoms with E-state index in [1.807, 2.05) is 84.9 Å². The number of amidine groups is 1. The zero-order valence-electron chi connectivity index (χ0n) is 19.4. The lowest BCUT2D eigenvalue weighted by molar-refractivity contribution is -0.114. The van der Waals surface area contributed by atoms with Crippen LogP contribution in [0, 0.1) is 0 Å². The molecule has 4 aromatic rings. The van der Waals surface area contributed by atoms with Crippen LogP contribution in [0.4, 0.5) is 11.4 Å². The standard InChI is InChI=1S/C28H22N4O3S/c1-35-25-14-8-6-10-20(25)16-24-27(34)32(22-11-3-2-4-12-22)28(31-24)36-18-26(33)30-21-15-19-9-5-7-13-23(19)29-17-21/h2-17H,18H2,1H3,(H,30,33). The second kappa shape index (κ2) is 10.5. The Morgan fingerprint density at radius 3 is 2.61 bits per heavy atom. The molecule has 1 aliphatic heterocycles. The smallest absolute Gasteiger partial charge is 0.283 e. The molecule has 2 heterocycles. The molecule has 0 saturated carbocycles. The molecule has 2 amide bonds. The Kier molecular flexibility index (Phi) is 6.77. The fourth-order valence-corrected chi connectivity index (χ4v) is 4.61. The number of fused-ring (bicyclic) bond motifs is 1. The van der Waals surface area contributed by atoms with Crippen molar-refractivity contribution in [2.75, 3.05) is 23.1 Å². The number of amides is 2. The number of rotatable bonds is 6. The molecule has 1 aliphatic rings. The summed E-state index contributed by atoms with van der Waals surface area (Å²) in [5.74, 6) is 0.226. The van der Waals surface area contributed by atoms with Gasteiger partial charge in [0.2, 0.25) is 5.91 Å². The van der Waals surface area contributed by atoms with Gasteiger partial charge in [0.1, 0.15) is 11.4 Å². The van der Waals surface area contributed by atoms with Crippen molar-refractivity contribution in [1.82, 2.24) is 4.98 Å². The van der Waals surface area contributed by atoms with Gasteiger partial charge in [-0.05, 0) is 36.4 Å². The minimum atomic E-state index is -0.270. The van der Waals surface area contributed by atoms with Gasteiger partial charge in [0.15, 0.2) is 5.17 Å². The summed E-state index contributed by atoms with van der Waals surface area (Å²) in [4.78, 5) is 36.6. The summed E-state index contributed by atoms with van der Waals surface area (Å²) in [6.07, 6.45) is 3.33. The number of carbonyl (C=O) groups is 2. The van der Waals surface area contributed by atoms with Crippen LogP contribution in [-0.4, -0.2) is 34.8 Å². The molecule has 0 aliphatic carbocycles. The van der Waals surface area contributed by atoms with Gasteiger partial charge < -0.3 is 10.1 Å². The first-order valence-corrected chi connectivity index (χ1v) is 12.2. The van der Waals surface area contributed by atoms with Crippen molar-refractivity contribution in [2.45, 2.75) is 0 Å². The van der Waals surface area contributed by atoms with Crippen LogP contribution >= 0.6 is 11.8 Å². The Bertz CT molecular complexity index is 1500. The zero-order valence-corrected chi connectivity index (χ0v) is 20.2. The van der Waals surface area contributed by atoms with Crippen LogP contribution in [0.3, 0.4) is 0 Å². The van der Waals surface area contributed by atoms with Crippen molar-refractivity contribution in [3.63, 3.8) is 0 Å². The van der Waals surface area contributed by atoms with E-state index in [1.165, 1.54) is 16.7 Å². The van der Waals surface area contributed by atoms with Crippen molar-refractivity contribution < 1.29 is 14.3 Å². The minimum absolute atomic E-state index is 0.0736. The van der Waals surface area contributed by atoms with E-state index in [0.29, 0.717) is 22.3 Å². The van der Waals surface area contributed by atoms with Crippen molar-refractivity contribution in [2.24, 2.45) is 4.99 Å². The number of benzene rings is 3. The third kappa shape index (κ3) is 4.99. The number of aliphatic imine (C=N–C) groups is 1. The van der Waals surface area contributed by atoms with Gasteiger partial charge in [-0.3, -0.25) is 19.5 Å². The number of para-hydroxylation sites is 3. The molecule has 8 heteroatoms. The number of ether oxygens (including phenoxy) is 1. The maximum absolute atomic E-state index is 13.4. The van der Waals surface area contributed by atoms with Crippen LogP contribution in [-0.2, 0) is 9.59 Å². The van der Waals surface area contributed by atoms with Gasteiger partial charge in [0, 0.05) is 10.9 Å². The molecule has 178 valence electrons. The van der Waals surface area contributed by atoms with Gasteiger partial charge in [-0.15, -0.1) is 0 Å². The fourth-order valence-electron chi connectivity index (χ4n) is 3.80. The Hall–Kier alpha value is -4.43. The average Bonchev–Trinajstić information content (AvgIpc) is 3.22. The maximum atomic E-state index is 13.4. The summed E-state index contributed by atoms with van der Waals surface area (Å²) in [6.45, 7) is 0. The molecule has 0 unspecified atom stereocenters. The highest BCUT2D eigenvalue weighted by Crippen LogP contribution is 2.31. The van der Waals surface area contributed by atoms with Crippen molar-refractivity contribution >= 4 is 57.1 Å². The summed E-state index contributed by atoms with van der Waals surface area (Å²) < 4.78 is 5.41. The second-order valence-electron chi connectivity index (χ2n) is 7.90.